The Kier molecular flexibility index (Phi) is 3.46. The molecule has 1 aliphatic carbocycles. The minimum Gasteiger partial charge on any atom is -0.351 e. The van der Waals surface area contributed by atoms with Gasteiger partial charge in [-0.1, -0.05) is 6.42 Å². The first-order valence-corrected chi connectivity index (χ1v) is 8.10. The zero-order valence-electron chi connectivity index (χ0n) is 11.5. The Balaban J connectivity index is 1.66. The Morgan fingerprint density at radius 2 is 2.25 bits per heavy atom. The third kappa shape index (κ3) is 2.42. The van der Waals surface area contributed by atoms with Gasteiger partial charge in [-0.05, 0) is 42.9 Å². The molecule has 4 nitrogen and oxygen atoms in total. The van der Waals surface area contributed by atoms with Gasteiger partial charge in [0.1, 0.15) is 0 Å². The Labute approximate surface area is 122 Å². The number of carbonyl (C=O) groups excluding carboxylic acids is 2. The molecule has 20 heavy (non-hydrogen) atoms. The first-order valence-electron chi connectivity index (χ1n) is 6.88. The molecule has 2 aliphatic rings. The van der Waals surface area contributed by atoms with Crippen molar-refractivity contribution < 1.29 is 9.59 Å². The minimum absolute atomic E-state index is 0.00615. The van der Waals surface area contributed by atoms with Crippen LogP contribution in [0.3, 0.4) is 0 Å². The van der Waals surface area contributed by atoms with E-state index in [1.807, 2.05) is 23.9 Å². The minimum atomic E-state index is -0.0486. The van der Waals surface area contributed by atoms with E-state index in [2.05, 4.69) is 16.9 Å². The fraction of sp³-hybridized carbons (Fsp3) is 0.467. The second-order valence-electron chi connectivity index (χ2n) is 5.52. The molecule has 1 fully saturated rings. The second kappa shape index (κ2) is 5.13. The van der Waals surface area contributed by atoms with Gasteiger partial charge in [0.25, 0.3) is 5.91 Å². The van der Waals surface area contributed by atoms with Gasteiger partial charge in [-0.25, -0.2) is 0 Å². The van der Waals surface area contributed by atoms with E-state index in [0.29, 0.717) is 12.0 Å². The van der Waals surface area contributed by atoms with Crippen LogP contribution < -0.4 is 10.6 Å². The second-order valence-corrected chi connectivity index (χ2v) is 6.79. The monoisotopic (exact) mass is 290 g/mol. The van der Waals surface area contributed by atoms with Crippen molar-refractivity contribution in [1.29, 1.82) is 0 Å². The third-order valence-electron chi connectivity index (χ3n) is 4.26. The third-order valence-corrected chi connectivity index (χ3v) is 5.68. The van der Waals surface area contributed by atoms with Crippen molar-refractivity contribution >= 4 is 29.3 Å². The summed E-state index contributed by atoms with van der Waals surface area (Å²) in [5, 5.41) is 5.80. The maximum atomic E-state index is 12.2. The largest absolute Gasteiger partial charge is 0.351 e. The number of rotatable bonds is 4. The number of hydrogen-bond acceptors (Lipinski definition) is 3. The topological polar surface area (TPSA) is 58.2 Å². The van der Waals surface area contributed by atoms with Crippen molar-refractivity contribution in [2.24, 2.45) is 0 Å². The summed E-state index contributed by atoms with van der Waals surface area (Å²) in [6.07, 6.45) is 6.08. The van der Waals surface area contributed by atoms with E-state index < -0.39 is 0 Å². The Morgan fingerprint density at radius 1 is 1.45 bits per heavy atom. The van der Waals surface area contributed by atoms with Crippen LogP contribution in [-0.4, -0.2) is 29.4 Å². The van der Waals surface area contributed by atoms with E-state index in [1.54, 1.807) is 6.07 Å². The maximum Gasteiger partial charge on any atom is 0.251 e. The summed E-state index contributed by atoms with van der Waals surface area (Å²) < 4.78 is 0.240. The predicted molar refractivity (Wildman–Crippen MR) is 81.2 cm³/mol. The van der Waals surface area contributed by atoms with Crippen LogP contribution in [0.15, 0.2) is 18.2 Å². The van der Waals surface area contributed by atoms with Gasteiger partial charge in [-0.3, -0.25) is 9.59 Å². The van der Waals surface area contributed by atoms with Gasteiger partial charge in [0.05, 0.1) is 6.42 Å². The quantitative estimate of drug-likeness (QED) is 0.893. The molecule has 1 aromatic rings. The van der Waals surface area contributed by atoms with Crippen molar-refractivity contribution in [3.05, 3.63) is 29.3 Å². The number of hydrogen-bond donors (Lipinski definition) is 2. The molecule has 5 heteroatoms. The molecule has 0 saturated heterocycles. The summed E-state index contributed by atoms with van der Waals surface area (Å²) in [5.74, 6) is -0.0548. The Morgan fingerprint density at radius 3 is 2.90 bits per heavy atom. The molecule has 1 aromatic carbocycles. The first-order chi connectivity index (χ1) is 9.62. The molecule has 0 aromatic heterocycles. The van der Waals surface area contributed by atoms with E-state index in [-0.39, 0.29) is 16.6 Å². The van der Waals surface area contributed by atoms with E-state index >= 15 is 0 Å². The lowest BCUT2D eigenvalue weighted by Crippen LogP contribution is -2.45. The summed E-state index contributed by atoms with van der Waals surface area (Å²) in [7, 11) is 0. The lowest BCUT2D eigenvalue weighted by Gasteiger charge is -2.40. The van der Waals surface area contributed by atoms with Crippen molar-refractivity contribution in [1.82, 2.24) is 5.32 Å². The average molecular weight is 290 g/mol. The van der Waals surface area contributed by atoms with Crippen LogP contribution in [0.25, 0.3) is 0 Å². The summed E-state index contributed by atoms with van der Waals surface area (Å²) in [6.45, 7) is 0.723. The number of thioether (sulfide) groups is 1. The molecular formula is C15H18N2O2S. The number of anilines is 1. The highest BCUT2D eigenvalue weighted by Crippen LogP contribution is 2.42. The van der Waals surface area contributed by atoms with Crippen LogP contribution in [0.2, 0.25) is 0 Å². The first kappa shape index (κ1) is 13.5. The predicted octanol–water partition coefficient (Wildman–Crippen LogP) is 2.20. The molecule has 0 atom stereocenters. The van der Waals surface area contributed by atoms with Crippen LogP contribution >= 0.6 is 11.8 Å². The van der Waals surface area contributed by atoms with E-state index in [9.17, 15) is 9.59 Å². The zero-order chi connectivity index (χ0) is 14.2. The summed E-state index contributed by atoms with van der Waals surface area (Å²) in [6, 6.07) is 5.39. The van der Waals surface area contributed by atoms with Gasteiger partial charge < -0.3 is 10.6 Å². The fourth-order valence-electron chi connectivity index (χ4n) is 2.74. The lowest BCUT2D eigenvalue weighted by atomic mass is 9.84. The highest BCUT2D eigenvalue weighted by molar-refractivity contribution is 8.00. The highest BCUT2D eigenvalue weighted by atomic mass is 32.2. The number of nitrogens with one attached hydrogen (secondary N) is 2. The summed E-state index contributed by atoms with van der Waals surface area (Å²) in [5.41, 5.74) is 2.37. The Bertz CT molecular complexity index is 561. The average Bonchev–Trinajstić information content (AvgIpc) is 2.76. The number of amides is 2. The normalized spacial score (nSPS) is 18.9. The van der Waals surface area contributed by atoms with Gasteiger partial charge in [-0.15, -0.1) is 0 Å². The molecule has 1 heterocycles. The zero-order valence-corrected chi connectivity index (χ0v) is 12.3. The van der Waals surface area contributed by atoms with Crippen molar-refractivity contribution in [2.75, 3.05) is 18.1 Å². The van der Waals surface area contributed by atoms with Crippen LogP contribution in [-0.2, 0) is 11.2 Å². The molecule has 0 unspecified atom stereocenters. The summed E-state index contributed by atoms with van der Waals surface area (Å²) >= 11 is 1.85. The SMILES string of the molecule is CSC1(CNC(=O)c2ccc3c(c2)CC(=O)N3)CCC1. The molecule has 0 radical (unpaired) electrons. The number of benzene rings is 1. The van der Waals surface area contributed by atoms with Crippen LogP contribution in [0.1, 0.15) is 35.2 Å². The van der Waals surface area contributed by atoms with E-state index in [1.165, 1.54) is 19.3 Å². The molecule has 1 aliphatic heterocycles. The van der Waals surface area contributed by atoms with Crippen molar-refractivity contribution in [3.63, 3.8) is 0 Å². The van der Waals surface area contributed by atoms with E-state index in [4.69, 9.17) is 0 Å². The summed E-state index contributed by atoms with van der Waals surface area (Å²) in [4.78, 5) is 23.5. The smallest absolute Gasteiger partial charge is 0.251 e. The Hall–Kier alpha value is -1.49. The molecule has 106 valence electrons. The van der Waals surface area contributed by atoms with Crippen molar-refractivity contribution in [2.45, 2.75) is 30.4 Å². The molecule has 0 spiro atoms. The highest BCUT2D eigenvalue weighted by Gasteiger charge is 2.36. The van der Waals surface area contributed by atoms with Crippen molar-refractivity contribution in [3.8, 4) is 0 Å². The molecule has 1 saturated carbocycles. The van der Waals surface area contributed by atoms with Gasteiger partial charge in [0, 0.05) is 22.5 Å². The number of carbonyl (C=O) groups is 2. The molecule has 2 N–H and O–H groups in total. The van der Waals surface area contributed by atoms with E-state index in [0.717, 1.165) is 17.8 Å². The number of fused-ring (bicyclic) bond motifs is 1. The van der Waals surface area contributed by atoms with Crippen LogP contribution in [0.5, 0.6) is 0 Å². The lowest BCUT2D eigenvalue weighted by molar-refractivity contribution is -0.115. The standard InChI is InChI=1S/C15H18N2O2S/c1-20-15(5-2-6-15)9-16-14(19)10-3-4-12-11(7-10)8-13(18)17-12/h3-4,7H,2,5-6,8-9H2,1H3,(H,16,19)(H,17,18). The van der Waals surface area contributed by atoms with Gasteiger partial charge in [-0.2, -0.15) is 11.8 Å². The van der Waals surface area contributed by atoms with Gasteiger partial charge in [0.2, 0.25) is 5.91 Å². The molecule has 3 rings (SSSR count). The molecular weight excluding hydrogens is 272 g/mol. The molecule has 2 amide bonds. The van der Waals surface area contributed by atoms with Crippen LogP contribution in [0, 0.1) is 0 Å². The van der Waals surface area contributed by atoms with Gasteiger partial charge in [0.15, 0.2) is 0 Å². The molecule has 0 bridgehead atoms. The van der Waals surface area contributed by atoms with Crippen LogP contribution in [0.4, 0.5) is 5.69 Å². The maximum absolute atomic E-state index is 12.2. The van der Waals surface area contributed by atoms with Gasteiger partial charge >= 0.3 is 0 Å². The fourth-order valence-corrected chi connectivity index (χ4v) is 3.65.